The number of halogens is 1. The second-order valence-corrected chi connectivity index (χ2v) is 6.63. The highest BCUT2D eigenvalue weighted by Crippen LogP contribution is 2.43. The maximum atomic E-state index is 15.1. The van der Waals surface area contributed by atoms with Crippen LogP contribution in [0, 0.1) is 5.82 Å². The molecule has 0 radical (unpaired) electrons. The van der Waals surface area contributed by atoms with Gasteiger partial charge < -0.3 is 20.5 Å². The summed E-state index contributed by atoms with van der Waals surface area (Å²) in [5.41, 5.74) is 7.44. The first kappa shape index (κ1) is 18.2. The number of nitrogens with two attached hydrogens (primary N) is 1. The average molecular weight is 386 g/mol. The van der Waals surface area contributed by atoms with Gasteiger partial charge in [-0.2, -0.15) is 0 Å². The van der Waals surface area contributed by atoms with Crippen LogP contribution in [0.2, 0.25) is 0 Å². The van der Waals surface area contributed by atoms with E-state index in [-0.39, 0.29) is 24.8 Å². The zero-order chi connectivity index (χ0) is 19.8. The van der Waals surface area contributed by atoms with Gasteiger partial charge in [-0.15, -0.1) is 0 Å². The fraction of sp³-hybridized carbons (Fsp3) is 0.316. The number of benzene rings is 1. The van der Waals surface area contributed by atoms with Crippen LogP contribution >= 0.6 is 0 Å². The predicted molar refractivity (Wildman–Crippen MR) is 98.2 cm³/mol. The average Bonchev–Trinajstić information content (AvgIpc) is 3.03. The minimum atomic E-state index is -0.592. The van der Waals surface area contributed by atoms with Crippen LogP contribution in [0.15, 0.2) is 30.5 Å². The highest BCUT2D eigenvalue weighted by atomic mass is 19.1. The number of nitrogens with one attached hydrogen (secondary N) is 1. The van der Waals surface area contributed by atoms with Crippen LogP contribution in [-0.2, 0) is 16.1 Å². The molecule has 1 fully saturated rings. The first-order chi connectivity index (χ1) is 13.5. The summed E-state index contributed by atoms with van der Waals surface area (Å²) in [6, 6.07) is 6.23. The molecule has 9 heteroatoms. The maximum Gasteiger partial charge on any atom is 0.415 e. The lowest BCUT2D eigenvalue weighted by molar-refractivity contribution is -0.119. The van der Waals surface area contributed by atoms with Crippen LogP contribution in [0.4, 0.5) is 14.9 Å². The standard InChI is InChI=1S/C19H19FN4O4/c1-10(25)22-8-16-15-9-27-18-14(24(15)19(26)28-16)5-4-13(17(18)20)11-2-3-12(6-21)23-7-11/h2-5,7,15-16H,6,8-9,21H2,1H3,(H,22,25)/t15?,16-/m0/s1. The Morgan fingerprint density at radius 1 is 1.39 bits per heavy atom. The summed E-state index contributed by atoms with van der Waals surface area (Å²) in [5, 5.41) is 2.63. The molecule has 2 aliphatic heterocycles. The summed E-state index contributed by atoms with van der Waals surface area (Å²) in [5.74, 6) is -0.804. The zero-order valence-electron chi connectivity index (χ0n) is 15.1. The smallest absolute Gasteiger partial charge is 0.415 e. The third kappa shape index (κ3) is 3.03. The molecule has 1 aromatic heterocycles. The molecule has 3 heterocycles. The van der Waals surface area contributed by atoms with Crippen molar-refractivity contribution in [2.24, 2.45) is 5.73 Å². The highest BCUT2D eigenvalue weighted by Gasteiger charge is 2.47. The molecule has 4 rings (SSSR count). The molecule has 2 amide bonds. The van der Waals surface area contributed by atoms with E-state index >= 15 is 4.39 Å². The van der Waals surface area contributed by atoms with Crippen LogP contribution in [0.25, 0.3) is 11.1 Å². The fourth-order valence-electron chi connectivity index (χ4n) is 3.42. The number of cyclic esters (lactones) is 1. The third-order valence-corrected chi connectivity index (χ3v) is 4.84. The molecule has 2 atom stereocenters. The minimum absolute atomic E-state index is 0.00576. The third-order valence-electron chi connectivity index (χ3n) is 4.84. The summed E-state index contributed by atoms with van der Waals surface area (Å²) in [6.45, 7) is 1.91. The first-order valence-corrected chi connectivity index (χ1v) is 8.84. The Morgan fingerprint density at radius 3 is 2.89 bits per heavy atom. The normalized spacial score (nSPS) is 20.1. The molecular formula is C19H19FN4O4. The van der Waals surface area contributed by atoms with Gasteiger partial charge in [0.2, 0.25) is 5.91 Å². The number of pyridine rings is 1. The van der Waals surface area contributed by atoms with Crippen LogP contribution in [-0.4, -0.2) is 42.3 Å². The molecule has 8 nitrogen and oxygen atoms in total. The van der Waals surface area contributed by atoms with Gasteiger partial charge in [0.15, 0.2) is 11.6 Å². The minimum Gasteiger partial charge on any atom is -0.486 e. The monoisotopic (exact) mass is 386 g/mol. The summed E-state index contributed by atoms with van der Waals surface area (Å²) in [6.07, 6.45) is 0.387. The van der Waals surface area contributed by atoms with Gasteiger partial charge in [-0.3, -0.25) is 14.7 Å². The van der Waals surface area contributed by atoms with Gasteiger partial charge in [-0.25, -0.2) is 9.18 Å². The lowest BCUT2D eigenvalue weighted by Gasteiger charge is -2.31. The molecule has 146 valence electrons. The van der Waals surface area contributed by atoms with Crippen molar-refractivity contribution in [1.29, 1.82) is 0 Å². The number of hydrogen-bond acceptors (Lipinski definition) is 6. The number of rotatable bonds is 4. The number of ether oxygens (including phenoxy) is 2. The van der Waals surface area contributed by atoms with Gasteiger partial charge in [0.1, 0.15) is 18.8 Å². The number of anilines is 1. The number of amides is 2. The van der Waals surface area contributed by atoms with Crippen molar-refractivity contribution in [2.75, 3.05) is 18.1 Å². The van der Waals surface area contributed by atoms with Gasteiger partial charge in [0.05, 0.1) is 17.9 Å². The van der Waals surface area contributed by atoms with Crippen molar-refractivity contribution in [2.45, 2.75) is 25.6 Å². The van der Waals surface area contributed by atoms with E-state index in [2.05, 4.69) is 10.3 Å². The van der Waals surface area contributed by atoms with E-state index in [0.29, 0.717) is 29.1 Å². The fourth-order valence-corrected chi connectivity index (χ4v) is 3.42. The van der Waals surface area contributed by atoms with Crippen molar-refractivity contribution >= 4 is 17.7 Å². The molecule has 0 saturated carbocycles. The summed E-state index contributed by atoms with van der Waals surface area (Å²) < 4.78 is 26.1. The highest BCUT2D eigenvalue weighted by molar-refractivity contribution is 5.94. The van der Waals surface area contributed by atoms with E-state index < -0.39 is 24.1 Å². The number of nitrogens with zero attached hydrogens (tertiary/aromatic N) is 2. The van der Waals surface area contributed by atoms with E-state index in [1.165, 1.54) is 11.8 Å². The number of fused-ring (bicyclic) bond motifs is 3. The largest absolute Gasteiger partial charge is 0.486 e. The van der Waals surface area contributed by atoms with Gasteiger partial charge in [-0.05, 0) is 18.2 Å². The number of carbonyl (C=O) groups is 2. The molecule has 2 aromatic rings. The number of carbonyl (C=O) groups excluding carboxylic acids is 2. The Labute approximate surface area is 160 Å². The van der Waals surface area contributed by atoms with Crippen LogP contribution < -0.4 is 20.7 Å². The van der Waals surface area contributed by atoms with Crippen LogP contribution in [0.3, 0.4) is 0 Å². The van der Waals surface area contributed by atoms with E-state index in [9.17, 15) is 9.59 Å². The quantitative estimate of drug-likeness (QED) is 0.826. The Bertz CT molecular complexity index is 934. The van der Waals surface area contributed by atoms with Crippen molar-refractivity contribution < 1.29 is 23.5 Å². The number of hydrogen-bond donors (Lipinski definition) is 2. The Kier molecular flexibility index (Phi) is 4.60. The van der Waals surface area contributed by atoms with Gasteiger partial charge in [0.25, 0.3) is 0 Å². The molecule has 1 saturated heterocycles. The van der Waals surface area contributed by atoms with Gasteiger partial charge in [-0.1, -0.05) is 6.07 Å². The van der Waals surface area contributed by atoms with Crippen molar-refractivity contribution in [3.05, 3.63) is 42.0 Å². The van der Waals surface area contributed by atoms with Crippen molar-refractivity contribution in [3.8, 4) is 16.9 Å². The second-order valence-electron chi connectivity index (χ2n) is 6.63. The van der Waals surface area contributed by atoms with Gasteiger partial charge in [0, 0.05) is 30.8 Å². The molecule has 1 unspecified atom stereocenters. The van der Waals surface area contributed by atoms with Crippen molar-refractivity contribution in [3.63, 3.8) is 0 Å². The molecule has 0 spiro atoms. The van der Waals surface area contributed by atoms with E-state index in [4.69, 9.17) is 15.2 Å². The van der Waals surface area contributed by atoms with Crippen LogP contribution in [0.1, 0.15) is 12.6 Å². The zero-order valence-corrected chi connectivity index (χ0v) is 15.1. The molecule has 0 bridgehead atoms. The summed E-state index contributed by atoms with van der Waals surface area (Å²) in [4.78, 5) is 29.1. The topological polar surface area (TPSA) is 107 Å². The Hall–Kier alpha value is -3.20. The molecule has 2 aliphatic rings. The Morgan fingerprint density at radius 2 is 2.21 bits per heavy atom. The first-order valence-electron chi connectivity index (χ1n) is 8.84. The second kappa shape index (κ2) is 7.08. The SMILES string of the molecule is CC(=O)NC[C@@H]1OC(=O)N2c3ccc(-c4ccc(CN)nc4)c(F)c3OCC12. The molecule has 28 heavy (non-hydrogen) atoms. The van der Waals surface area contributed by atoms with E-state index in [1.807, 2.05) is 0 Å². The van der Waals surface area contributed by atoms with E-state index in [1.54, 1.807) is 30.5 Å². The van der Waals surface area contributed by atoms with Crippen LogP contribution in [0.5, 0.6) is 5.75 Å². The molecule has 0 aliphatic carbocycles. The molecule has 3 N–H and O–H groups in total. The Balaban J connectivity index is 1.65. The number of aromatic nitrogens is 1. The molecule has 1 aromatic carbocycles. The summed E-state index contributed by atoms with van der Waals surface area (Å²) in [7, 11) is 0. The lowest BCUT2D eigenvalue weighted by atomic mass is 10.0. The van der Waals surface area contributed by atoms with Crippen molar-refractivity contribution in [1.82, 2.24) is 10.3 Å². The lowest BCUT2D eigenvalue weighted by Crippen LogP contribution is -2.47. The molecular weight excluding hydrogens is 367 g/mol. The van der Waals surface area contributed by atoms with Gasteiger partial charge >= 0.3 is 6.09 Å². The predicted octanol–water partition coefficient (Wildman–Crippen LogP) is 1.57. The van der Waals surface area contributed by atoms with E-state index in [0.717, 1.165) is 0 Å². The summed E-state index contributed by atoms with van der Waals surface area (Å²) >= 11 is 0. The maximum absolute atomic E-state index is 15.1.